The van der Waals surface area contributed by atoms with Crippen molar-refractivity contribution in [3.8, 4) is 0 Å². The van der Waals surface area contributed by atoms with Crippen LogP contribution in [0.25, 0.3) is 0 Å². The highest BCUT2D eigenvalue weighted by Crippen LogP contribution is 1.83. The van der Waals surface area contributed by atoms with Gasteiger partial charge in [-0.05, 0) is 0 Å². The summed E-state index contributed by atoms with van der Waals surface area (Å²) < 4.78 is 5.01. The van der Waals surface area contributed by atoms with Gasteiger partial charge in [0.25, 0.3) is 0 Å². The van der Waals surface area contributed by atoms with Crippen molar-refractivity contribution in [3.05, 3.63) is 0 Å². The van der Waals surface area contributed by atoms with E-state index in [1.165, 1.54) is 0 Å². The van der Waals surface area contributed by atoms with Crippen LogP contribution in [0.15, 0.2) is 0 Å². The third-order valence-corrected chi connectivity index (χ3v) is 1.07. The molecule has 1 radical (unpaired) electrons. The van der Waals surface area contributed by atoms with Crippen molar-refractivity contribution in [2.45, 2.75) is 6.04 Å². The molecular weight excluding hydrogens is 120 g/mol. The number of rotatable bonds is 1. The highest BCUT2D eigenvalue weighted by molar-refractivity contribution is 5.58. The van der Waals surface area contributed by atoms with Gasteiger partial charge in [-0.3, -0.25) is 10.2 Å². The summed E-state index contributed by atoms with van der Waals surface area (Å²) in [5.41, 5.74) is 5.54. The topological polar surface area (TPSA) is 50.4 Å². The van der Waals surface area contributed by atoms with Gasteiger partial charge in [-0.2, -0.15) is 0 Å². The summed E-state index contributed by atoms with van der Waals surface area (Å²) in [4.78, 5) is 10.0. The summed E-state index contributed by atoms with van der Waals surface area (Å²) in [6.07, 6.45) is 1.80. The highest BCUT2D eigenvalue weighted by Gasteiger charge is 2.09. The SMILES string of the molecule is O=[C]C1COCCNN1. The molecule has 1 rings (SSSR count). The van der Waals surface area contributed by atoms with Crippen LogP contribution in [-0.4, -0.2) is 32.1 Å². The van der Waals surface area contributed by atoms with Gasteiger partial charge < -0.3 is 4.74 Å². The normalized spacial score (nSPS) is 29.1. The molecule has 1 unspecified atom stereocenters. The molecule has 4 nitrogen and oxygen atoms in total. The maximum Gasteiger partial charge on any atom is 0.220 e. The Balaban J connectivity index is 2.26. The van der Waals surface area contributed by atoms with E-state index in [-0.39, 0.29) is 6.04 Å². The molecule has 0 saturated carbocycles. The molecule has 51 valence electrons. The summed E-state index contributed by atoms with van der Waals surface area (Å²) >= 11 is 0. The lowest BCUT2D eigenvalue weighted by Gasteiger charge is -2.04. The number of carbonyl (C=O) groups excluding carboxylic acids is 1. The molecule has 0 aromatic heterocycles. The van der Waals surface area contributed by atoms with Crippen LogP contribution in [0.5, 0.6) is 0 Å². The van der Waals surface area contributed by atoms with E-state index in [9.17, 15) is 4.79 Å². The van der Waals surface area contributed by atoms with Crippen molar-refractivity contribution in [2.75, 3.05) is 19.8 Å². The molecule has 4 heteroatoms. The minimum Gasteiger partial charge on any atom is -0.378 e. The molecule has 1 heterocycles. The number of ether oxygens (including phenoxy) is 1. The number of hydrogen-bond donors (Lipinski definition) is 2. The van der Waals surface area contributed by atoms with Crippen LogP contribution in [0.1, 0.15) is 0 Å². The van der Waals surface area contributed by atoms with Gasteiger partial charge >= 0.3 is 0 Å². The quantitative estimate of drug-likeness (QED) is 0.456. The van der Waals surface area contributed by atoms with E-state index in [0.717, 1.165) is 6.54 Å². The van der Waals surface area contributed by atoms with Gasteiger partial charge in [0, 0.05) is 6.54 Å². The summed E-state index contributed by atoms with van der Waals surface area (Å²) in [5, 5.41) is 0. The van der Waals surface area contributed by atoms with E-state index >= 15 is 0 Å². The average molecular weight is 129 g/mol. The van der Waals surface area contributed by atoms with Crippen molar-refractivity contribution in [3.63, 3.8) is 0 Å². The van der Waals surface area contributed by atoms with E-state index in [1.54, 1.807) is 6.29 Å². The Labute approximate surface area is 53.5 Å². The van der Waals surface area contributed by atoms with Crippen molar-refractivity contribution in [1.82, 2.24) is 10.9 Å². The molecule has 2 N–H and O–H groups in total. The second-order valence-electron chi connectivity index (χ2n) is 1.82. The third kappa shape index (κ3) is 2.09. The van der Waals surface area contributed by atoms with Gasteiger partial charge in [-0.25, -0.2) is 5.43 Å². The Bertz CT molecular complexity index is 89.0. The van der Waals surface area contributed by atoms with Gasteiger partial charge in [0.15, 0.2) is 0 Å². The van der Waals surface area contributed by atoms with Crippen molar-refractivity contribution >= 4 is 6.29 Å². The maximum atomic E-state index is 10.0. The first kappa shape index (κ1) is 6.67. The standard InChI is InChI=1S/C5H9N2O2/c8-3-5-4-9-2-1-6-7-5/h5-7H,1-2,4H2. The lowest BCUT2D eigenvalue weighted by molar-refractivity contribution is 0.148. The molecule has 9 heavy (non-hydrogen) atoms. The Morgan fingerprint density at radius 1 is 1.67 bits per heavy atom. The summed E-state index contributed by atoms with van der Waals surface area (Å²) in [6.45, 7) is 1.79. The average Bonchev–Trinajstić information content (AvgIpc) is 2.13. The molecule has 0 bridgehead atoms. The Hall–Kier alpha value is -0.450. The van der Waals surface area contributed by atoms with Crippen LogP contribution in [0.2, 0.25) is 0 Å². The van der Waals surface area contributed by atoms with Gasteiger partial charge in [-0.15, -0.1) is 0 Å². The van der Waals surface area contributed by atoms with E-state index in [2.05, 4.69) is 10.9 Å². The molecule has 1 saturated heterocycles. The fourth-order valence-electron chi connectivity index (χ4n) is 0.625. The van der Waals surface area contributed by atoms with E-state index in [4.69, 9.17) is 4.74 Å². The first-order valence-corrected chi connectivity index (χ1v) is 2.87. The van der Waals surface area contributed by atoms with Crippen molar-refractivity contribution in [1.29, 1.82) is 0 Å². The smallest absolute Gasteiger partial charge is 0.220 e. The van der Waals surface area contributed by atoms with Gasteiger partial charge in [0.05, 0.1) is 13.2 Å². The lowest BCUT2D eigenvalue weighted by atomic mass is 10.4. The summed E-state index contributed by atoms with van der Waals surface area (Å²) in [6, 6.07) is -0.313. The molecular formula is C5H9N2O2. The van der Waals surface area contributed by atoms with Gasteiger partial charge in [0.1, 0.15) is 6.04 Å². The molecule has 1 aliphatic heterocycles. The monoisotopic (exact) mass is 129 g/mol. The molecule has 0 aliphatic carbocycles. The Kier molecular flexibility index (Phi) is 2.63. The van der Waals surface area contributed by atoms with E-state index in [0.29, 0.717) is 13.2 Å². The highest BCUT2D eigenvalue weighted by atomic mass is 16.5. The predicted molar refractivity (Wildman–Crippen MR) is 31.4 cm³/mol. The molecule has 1 fully saturated rings. The number of hydrazine groups is 1. The molecule has 0 aromatic carbocycles. The van der Waals surface area contributed by atoms with Crippen LogP contribution in [-0.2, 0) is 9.53 Å². The first-order valence-electron chi connectivity index (χ1n) is 2.87. The zero-order valence-corrected chi connectivity index (χ0v) is 5.02. The second-order valence-corrected chi connectivity index (χ2v) is 1.82. The van der Waals surface area contributed by atoms with E-state index in [1.807, 2.05) is 0 Å². The third-order valence-electron chi connectivity index (χ3n) is 1.07. The number of hydrogen-bond acceptors (Lipinski definition) is 4. The Morgan fingerprint density at radius 2 is 2.56 bits per heavy atom. The van der Waals surface area contributed by atoms with Crippen LogP contribution >= 0.6 is 0 Å². The predicted octanol–water partition coefficient (Wildman–Crippen LogP) is -1.41. The van der Waals surface area contributed by atoms with Crippen LogP contribution in [0, 0.1) is 0 Å². The zero-order chi connectivity index (χ0) is 6.53. The first-order chi connectivity index (χ1) is 4.43. The minimum atomic E-state index is -0.313. The van der Waals surface area contributed by atoms with Crippen LogP contribution in [0.4, 0.5) is 0 Å². The zero-order valence-electron chi connectivity index (χ0n) is 5.02. The van der Waals surface area contributed by atoms with E-state index < -0.39 is 0 Å². The largest absolute Gasteiger partial charge is 0.378 e. The minimum absolute atomic E-state index is 0.313. The number of nitrogens with one attached hydrogen (secondary N) is 2. The fourth-order valence-corrected chi connectivity index (χ4v) is 0.625. The summed E-state index contributed by atoms with van der Waals surface area (Å²) in [5.74, 6) is 0. The van der Waals surface area contributed by atoms with Gasteiger partial charge in [-0.1, -0.05) is 0 Å². The summed E-state index contributed by atoms with van der Waals surface area (Å²) in [7, 11) is 0. The molecule has 0 amide bonds. The van der Waals surface area contributed by atoms with Crippen molar-refractivity contribution < 1.29 is 9.53 Å². The fraction of sp³-hybridized carbons (Fsp3) is 0.800. The van der Waals surface area contributed by atoms with Crippen LogP contribution < -0.4 is 10.9 Å². The maximum absolute atomic E-state index is 10.0. The van der Waals surface area contributed by atoms with Crippen molar-refractivity contribution in [2.24, 2.45) is 0 Å². The molecule has 0 aromatic rings. The Morgan fingerprint density at radius 3 is 3.33 bits per heavy atom. The second kappa shape index (κ2) is 3.55. The molecule has 1 aliphatic rings. The molecule has 0 spiro atoms. The van der Waals surface area contributed by atoms with Crippen LogP contribution in [0.3, 0.4) is 0 Å². The molecule has 1 atom stereocenters. The lowest BCUT2D eigenvalue weighted by Crippen LogP contribution is -2.41. The van der Waals surface area contributed by atoms with Gasteiger partial charge in [0.2, 0.25) is 6.29 Å².